The Balaban J connectivity index is 1.50. The van der Waals surface area contributed by atoms with Crippen molar-refractivity contribution in [1.29, 1.82) is 0 Å². The number of fused-ring (bicyclic) bond motifs is 1. The number of carbonyl (C=O) groups is 1. The number of H-pyrrole nitrogens is 1. The molecule has 0 aliphatic carbocycles. The van der Waals surface area contributed by atoms with Crippen LogP contribution < -0.4 is 16.0 Å². The first-order chi connectivity index (χ1) is 16.5. The molecule has 172 valence electrons. The summed E-state index contributed by atoms with van der Waals surface area (Å²) >= 11 is 0. The zero-order chi connectivity index (χ0) is 23.7. The molecule has 3 N–H and O–H groups in total. The molecule has 4 aromatic rings. The van der Waals surface area contributed by atoms with Crippen LogP contribution >= 0.6 is 0 Å². The second kappa shape index (κ2) is 8.90. The average molecular weight is 456 g/mol. The molecule has 2 aromatic heterocycles. The molecule has 34 heavy (non-hydrogen) atoms. The van der Waals surface area contributed by atoms with Crippen molar-refractivity contribution in [3.63, 3.8) is 0 Å². The van der Waals surface area contributed by atoms with Gasteiger partial charge in [-0.25, -0.2) is 5.10 Å². The van der Waals surface area contributed by atoms with Gasteiger partial charge in [-0.2, -0.15) is 5.10 Å². The predicted molar refractivity (Wildman–Crippen MR) is 131 cm³/mol. The van der Waals surface area contributed by atoms with Crippen molar-refractivity contribution in [2.45, 2.75) is 18.8 Å². The number of ether oxygens (including phenoxy) is 1. The van der Waals surface area contributed by atoms with Crippen molar-refractivity contribution in [3.8, 4) is 17.2 Å². The van der Waals surface area contributed by atoms with Gasteiger partial charge in [-0.1, -0.05) is 24.8 Å². The fourth-order valence-electron chi connectivity index (χ4n) is 4.59. The molecule has 1 fully saturated rings. The Morgan fingerprint density at radius 2 is 1.76 bits per heavy atom. The molecule has 3 heterocycles. The lowest BCUT2D eigenvalue weighted by atomic mass is 9.89. The maximum Gasteiger partial charge on any atom is 0.274 e. The van der Waals surface area contributed by atoms with Crippen LogP contribution in [0.15, 0.2) is 78.2 Å². The van der Waals surface area contributed by atoms with Crippen LogP contribution in [0.2, 0.25) is 0 Å². The van der Waals surface area contributed by atoms with E-state index in [9.17, 15) is 9.59 Å². The van der Waals surface area contributed by atoms with Gasteiger partial charge >= 0.3 is 0 Å². The number of hydrogen-bond acceptors (Lipinski definition) is 5. The van der Waals surface area contributed by atoms with Crippen molar-refractivity contribution in [2.24, 2.45) is 0 Å². The lowest BCUT2D eigenvalue weighted by Crippen LogP contribution is -2.36. The number of benzene rings is 2. The summed E-state index contributed by atoms with van der Waals surface area (Å²) in [6.45, 7) is 4.81. The number of likely N-dealkylation sites (tertiary alicyclic amines) is 1. The van der Waals surface area contributed by atoms with Crippen LogP contribution in [0.5, 0.6) is 11.5 Å². The molecule has 0 spiro atoms. The average Bonchev–Trinajstić information content (AvgIpc) is 3.29. The summed E-state index contributed by atoms with van der Waals surface area (Å²) in [6.07, 6.45) is 4.82. The zero-order valence-corrected chi connectivity index (χ0v) is 18.6. The first kappa shape index (κ1) is 21.5. The number of nitrogen functional groups attached to an aromatic ring is 1. The molecule has 1 aliphatic heterocycles. The van der Waals surface area contributed by atoms with Crippen LogP contribution in [-0.2, 0) is 4.79 Å². The van der Waals surface area contributed by atoms with Crippen LogP contribution in [0.4, 0.5) is 5.82 Å². The Morgan fingerprint density at radius 1 is 1.09 bits per heavy atom. The van der Waals surface area contributed by atoms with Crippen LogP contribution in [0, 0.1) is 0 Å². The van der Waals surface area contributed by atoms with E-state index in [4.69, 9.17) is 10.5 Å². The molecular weight excluding hydrogens is 430 g/mol. The number of aromatic nitrogens is 3. The third-order valence-electron chi connectivity index (χ3n) is 6.30. The fraction of sp³-hybridized carbons (Fsp3) is 0.192. The second-order valence-corrected chi connectivity index (χ2v) is 8.33. The molecule has 1 aliphatic rings. The van der Waals surface area contributed by atoms with Crippen LogP contribution in [0.1, 0.15) is 24.3 Å². The van der Waals surface area contributed by atoms with E-state index in [2.05, 4.69) is 16.8 Å². The normalized spacial score (nSPS) is 14.3. The summed E-state index contributed by atoms with van der Waals surface area (Å²) in [5, 5.41) is 7.07. The summed E-state index contributed by atoms with van der Waals surface area (Å²) in [7, 11) is 0. The largest absolute Gasteiger partial charge is 0.457 e. The molecular formula is C26H25N5O3. The standard InChI is InChI=1S/C26H25N5O3/c1-2-22(32)30-14-12-17(13-15-30)21-16-31(24-23(21)26(33)29-28-25(24)27)18-8-10-20(11-9-18)34-19-6-4-3-5-7-19/h2-11,16-17H,1,12-15H2,(H2,27,28)(H,29,33). The molecule has 0 atom stereocenters. The Kier molecular flexibility index (Phi) is 5.63. The topological polar surface area (TPSA) is 106 Å². The van der Waals surface area contributed by atoms with Crippen molar-refractivity contribution < 1.29 is 9.53 Å². The third-order valence-corrected chi connectivity index (χ3v) is 6.30. The predicted octanol–water partition coefficient (Wildman–Crippen LogP) is 3.98. The number of carbonyl (C=O) groups excluding carboxylic acids is 1. The lowest BCUT2D eigenvalue weighted by molar-refractivity contribution is -0.127. The number of hydrogen-bond donors (Lipinski definition) is 2. The minimum atomic E-state index is -0.272. The Bertz CT molecular complexity index is 1400. The van der Waals surface area contributed by atoms with E-state index < -0.39 is 0 Å². The highest BCUT2D eigenvalue weighted by Gasteiger charge is 2.27. The van der Waals surface area contributed by atoms with E-state index >= 15 is 0 Å². The van der Waals surface area contributed by atoms with Crippen molar-refractivity contribution in [3.05, 3.63) is 89.4 Å². The molecule has 0 radical (unpaired) electrons. The smallest absolute Gasteiger partial charge is 0.274 e. The quantitative estimate of drug-likeness (QED) is 0.443. The Labute approximate surface area is 196 Å². The van der Waals surface area contributed by atoms with Gasteiger partial charge in [-0.15, -0.1) is 0 Å². The van der Waals surface area contributed by atoms with Crippen LogP contribution in [0.25, 0.3) is 16.6 Å². The highest BCUT2D eigenvalue weighted by Crippen LogP contribution is 2.36. The number of amides is 1. The van der Waals surface area contributed by atoms with Gasteiger partial charge in [-0.3, -0.25) is 9.59 Å². The Morgan fingerprint density at radius 3 is 2.44 bits per heavy atom. The first-order valence-corrected chi connectivity index (χ1v) is 11.2. The number of nitrogens with zero attached hydrogens (tertiary/aromatic N) is 3. The molecule has 8 nitrogen and oxygen atoms in total. The first-order valence-electron chi connectivity index (χ1n) is 11.2. The lowest BCUT2D eigenvalue weighted by Gasteiger charge is -2.31. The van der Waals surface area contributed by atoms with Crippen molar-refractivity contribution >= 4 is 22.6 Å². The molecule has 1 amide bonds. The van der Waals surface area contributed by atoms with Crippen LogP contribution in [0.3, 0.4) is 0 Å². The van der Waals surface area contributed by atoms with E-state index in [-0.39, 0.29) is 23.2 Å². The third kappa shape index (κ3) is 3.94. The molecule has 1 saturated heterocycles. The fourth-order valence-corrected chi connectivity index (χ4v) is 4.59. The van der Waals surface area contributed by atoms with Gasteiger partial charge in [0.25, 0.3) is 5.56 Å². The SMILES string of the molecule is C=CC(=O)N1CCC(c2cn(-c3ccc(Oc4ccccc4)cc3)c3c(N)n[nH]c(=O)c23)CC1. The minimum absolute atomic E-state index is 0.0648. The van der Waals surface area contributed by atoms with Gasteiger partial charge in [0, 0.05) is 25.0 Å². The van der Waals surface area contributed by atoms with Gasteiger partial charge in [0.1, 0.15) is 17.0 Å². The Hall–Kier alpha value is -4.33. The molecule has 5 rings (SSSR count). The molecule has 2 aromatic carbocycles. The summed E-state index contributed by atoms with van der Waals surface area (Å²) in [5.74, 6) is 1.77. The highest BCUT2D eigenvalue weighted by molar-refractivity contribution is 5.92. The number of anilines is 1. The maximum absolute atomic E-state index is 12.8. The molecule has 0 unspecified atom stereocenters. The van der Waals surface area contributed by atoms with Gasteiger partial charge in [0.05, 0.1) is 5.39 Å². The van der Waals surface area contributed by atoms with E-state index in [1.165, 1.54) is 6.08 Å². The summed E-state index contributed by atoms with van der Waals surface area (Å²) in [6, 6.07) is 17.2. The number of nitrogens with two attached hydrogens (primary N) is 1. The second-order valence-electron chi connectivity index (χ2n) is 8.33. The van der Waals surface area contributed by atoms with Gasteiger partial charge in [0.2, 0.25) is 5.91 Å². The van der Waals surface area contributed by atoms with E-state index in [1.807, 2.05) is 65.4 Å². The number of para-hydroxylation sites is 1. The highest BCUT2D eigenvalue weighted by atomic mass is 16.5. The van der Waals surface area contributed by atoms with E-state index in [0.717, 1.165) is 29.8 Å². The zero-order valence-electron chi connectivity index (χ0n) is 18.6. The summed E-state index contributed by atoms with van der Waals surface area (Å²) < 4.78 is 7.81. The summed E-state index contributed by atoms with van der Waals surface area (Å²) in [4.78, 5) is 26.6. The minimum Gasteiger partial charge on any atom is -0.457 e. The van der Waals surface area contributed by atoms with Crippen molar-refractivity contribution in [2.75, 3.05) is 18.8 Å². The van der Waals surface area contributed by atoms with Gasteiger partial charge in [0.15, 0.2) is 5.82 Å². The van der Waals surface area contributed by atoms with Gasteiger partial charge < -0.3 is 19.9 Å². The number of rotatable bonds is 5. The van der Waals surface area contributed by atoms with Gasteiger partial charge in [-0.05, 0) is 66.8 Å². The number of piperidine rings is 1. The van der Waals surface area contributed by atoms with Crippen LogP contribution in [-0.4, -0.2) is 38.7 Å². The summed E-state index contributed by atoms with van der Waals surface area (Å²) in [5.41, 5.74) is 8.30. The molecule has 0 bridgehead atoms. The monoisotopic (exact) mass is 455 g/mol. The molecule has 8 heteroatoms. The number of aromatic amines is 1. The molecule has 0 saturated carbocycles. The van der Waals surface area contributed by atoms with E-state index in [1.54, 1.807) is 4.90 Å². The maximum atomic E-state index is 12.8. The van der Waals surface area contributed by atoms with E-state index in [0.29, 0.717) is 29.7 Å². The van der Waals surface area contributed by atoms with Crippen molar-refractivity contribution in [1.82, 2.24) is 19.7 Å². The number of nitrogens with one attached hydrogen (secondary N) is 1.